The Morgan fingerprint density at radius 3 is 2.81 bits per heavy atom. The van der Waals surface area contributed by atoms with Gasteiger partial charge in [0.25, 0.3) is 0 Å². The number of carbonyl (C=O) groups is 1. The van der Waals surface area contributed by atoms with Gasteiger partial charge < -0.3 is 15.5 Å². The third kappa shape index (κ3) is 4.46. The highest BCUT2D eigenvalue weighted by Crippen LogP contribution is 2.39. The lowest BCUT2D eigenvalue weighted by molar-refractivity contribution is -0.114. The number of carbonyl (C=O) groups excluding carboxylic acids is 1. The van der Waals surface area contributed by atoms with E-state index in [1.807, 2.05) is 6.08 Å². The lowest BCUT2D eigenvalue weighted by atomic mass is 9.83. The number of hydrogen-bond donors (Lipinski definition) is 1. The molecule has 1 fully saturated rings. The largest absolute Gasteiger partial charge is 0.366 e. The molecule has 1 saturated heterocycles. The summed E-state index contributed by atoms with van der Waals surface area (Å²) in [5.41, 5.74) is 15.2. The molecule has 2 atom stereocenters. The Bertz CT molecular complexity index is 1420. The minimum absolute atomic E-state index is 0.295. The second kappa shape index (κ2) is 9.79. The zero-order valence-corrected chi connectivity index (χ0v) is 21.9. The van der Waals surface area contributed by atoms with Crippen molar-refractivity contribution in [3.63, 3.8) is 0 Å². The first-order valence-electron chi connectivity index (χ1n) is 13.7. The molecule has 37 heavy (non-hydrogen) atoms. The first kappa shape index (κ1) is 23.9. The van der Waals surface area contributed by atoms with E-state index in [-0.39, 0.29) is 5.91 Å². The minimum atomic E-state index is -0.295. The smallest absolute Gasteiger partial charge is 0.246 e. The van der Waals surface area contributed by atoms with E-state index in [1.54, 1.807) is 0 Å². The molecule has 5 heteroatoms. The molecule has 4 heterocycles. The van der Waals surface area contributed by atoms with E-state index < -0.39 is 0 Å². The van der Waals surface area contributed by atoms with Crippen LogP contribution in [-0.4, -0.2) is 34.9 Å². The van der Waals surface area contributed by atoms with E-state index in [9.17, 15) is 4.79 Å². The first-order chi connectivity index (χ1) is 18.0. The molecule has 3 aliphatic heterocycles. The molecular weight excluding hydrogens is 456 g/mol. The van der Waals surface area contributed by atoms with Crippen LogP contribution in [0.1, 0.15) is 60.9 Å². The van der Waals surface area contributed by atoms with Crippen molar-refractivity contribution in [3.05, 3.63) is 94.5 Å². The van der Waals surface area contributed by atoms with Gasteiger partial charge in [-0.15, -0.1) is 0 Å². The van der Waals surface area contributed by atoms with Crippen molar-refractivity contribution in [2.45, 2.75) is 64.3 Å². The molecule has 0 bridgehead atoms. The normalized spacial score (nSPS) is 21.7. The highest BCUT2D eigenvalue weighted by Gasteiger charge is 2.30. The summed E-state index contributed by atoms with van der Waals surface area (Å²) >= 11 is 0. The number of primary amides is 1. The highest BCUT2D eigenvalue weighted by molar-refractivity contribution is 5.94. The summed E-state index contributed by atoms with van der Waals surface area (Å²) in [6, 6.07) is 18.2. The van der Waals surface area contributed by atoms with E-state index in [1.165, 1.54) is 40.6 Å². The predicted molar refractivity (Wildman–Crippen MR) is 150 cm³/mol. The third-order valence-electron chi connectivity index (χ3n) is 8.66. The highest BCUT2D eigenvalue weighted by atomic mass is 16.1. The number of pyridine rings is 1. The fourth-order valence-corrected chi connectivity index (χ4v) is 6.72. The van der Waals surface area contributed by atoms with Crippen LogP contribution in [0.25, 0.3) is 10.9 Å². The van der Waals surface area contributed by atoms with Crippen LogP contribution in [0.3, 0.4) is 0 Å². The lowest BCUT2D eigenvalue weighted by Gasteiger charge is -2.39. The molecule has 2 N–H and O–H groups in total. The van der Waals surface area contributed by atoms with Crippen molar-refractivity contribution in [2.24, 2.45) is 5.73 Å². The molecule has 3 aliphatic rings. The van der Waals surface area contributed by atoms with Gasteiger partial charge in [0.05, 0.1) is 5.52 Å². The van der Waals surface area contributed by atoms with E-state index in [4.69, 9.17) is 10.7 Å². The fraction of sp³-hybridized carbons (Fsp3) is 0.375. The number of rotatable bonds is 5. The van der Waals surface area contributed by atoms with Crippen molar-refractivity contribution < 1.29 is 4.79 Å². The zero-order chi connectivity index (χ0) is 25.5. The number of hydrogen-bond acceptors (Lipinski definition) is 4. The standard InChI is InChI=1S/C32H36N4O/c1-21-11-12-27-25(7-4-9-29(27)34-21)24-16-19-35(22(2)20-24)18-15-23-6-3-10-30-26(23)13-14-31-28(32(33)37)8-5-17-36(30)31/h3-7,9-12,17,22,24H,8,13-16,18-20H2,1-2H3,(H2,33,37). The number of piperidine rings is 1. The van der Waals surface area contributed by atoms with Gasteiger partial charge in [-0.1, -0.05) is 36.4 Å². The minimum Gasteiger partial charge on any atom is -0.366 e. The van der Waals surface area contributed by atoms with Gasteiger partial charge in [0.2, 0.25) is 5.91 Å². The van der Waals surface area contributed by atoms with Gasteiger partial charge in [-0.25, -0.2) is 0 Å². The molecule has 0 aliphatic carbocycles. The van der Waals surface area contributed by atoms with Crippen molar-refractivity contribution in [1.29, 1.82) is 0 Å². The van der Waals surface area contributed by atoms with E-state index in [0.717, 1.165) is 54.8 Å². The summed E-state index contributed by atoms with van der Waals surface area (Å²) in [7, 11) is 0. The van der Waals surface area contributed by atoms with Crippen LogP contribution < -0.4 is 10.6 Å². The van der Waals surface area contributed by atoms with Gasteiger partial charge in [0.15, 0.2) is 0 Å². The van der Waals surface area contributed by atoms with Gasteiger partial charge in [-0.2, -0.15) is 0 Å². The number of nitrogens with two attached hydrogens (primary N) is 1. The zero-order valence-electron chi connectivity index (χ0n) is 21.9. The molecule has 0 saturated carbocycles. The number of benzene rings is 2. The number of fused-ring (bicyclic) bond motifs is 4. The Balaban J connectivity index is 1.16. The summed E-state index contributed by atoms with van der Waals surface area (Å²) in [5.74, 6) is 0.288. The summed E-state index contributed by atoms with van der Waals surface area (Å²) < 4.78 is 0. The summed E-state index contributed by atoms with van der Waals surface area (Å²) in [5, 5.41) is 1.31. The molecule has 190 valence electrons. The van der Waals surface area contributed by atoms with Crippen LogP contribution in [0, 0.1) is 6.92 Å². The van der Waals surface area contributed by atoms with Gasteiger partial charge in [-0.3, -0.25) is 9.78 Å². The Hall–Kier alpha value is -3.44. The number of allylic oxidation sites excluding steroid dienone is 2. The molecule has 0 spiro atoms. The number of aryl methyl sites for hydroxylation is 1. The molecule has 2 unspecified atom stereocenters. The number of amides is 1. The maximum absolute atomic E-state index is 12.0. The number of nitrogens with zero attached hydrogens (tertiary/aromatic N) is 3. The quantitative estimate of drug-likeness (QED) is 0.492. The second-order valence-electron chi connectivity index (χ2n) is 10.9. The average Bonchev–Trinajstić information content (AvgIpc) is 2.91. The maximum Gasteiger partial charge on any atom is 0.246 e. The number of likely N-dealkylation sites (tertiary alicyclic amines) is 1. The van der Waals surface area contributed by atoms with Crippen molar-refractivity contribution in [2.75, 3.05) is 18.0 Å². The predicted octanol–water partition coefficient (Wildman–Crippen LogP) is 5.76. The number of anilines is 1. The summed E-state index contributed by atoms with van der Waals surface area (Å²) in [4.78, 5) is 21.6. The Morgan fingerprint density at radius 1 is 1.11 bits per heavy atom. The van der Waals surface area contributed by atoms with Crippen LogP contribution in [0.4, 0.5) is 5.69 Å². The van der Waals surface area contributed by atoms with Crippen LogP contribution in [0.15, 0.2) is 72.1 Å². The van der Waals surface area contributed by atoms with Crippen LogP contribution in [0.5, 0.6) is 0 Å². The van der Waals surface area contributed by atoms with E-state index in [2.05, 4.69) is 78.4 Å². The van der Waals surface area contributed by atoms with E-state index in [0.29, 0.717) is 18.4 Å². The lowest BCUT2D eigenvalue weighted by Crippen LogP contribution is -2.41. The van der Waals surface area contributed by atoms with Crippen molar-refractivity contribution in [3.8, 4) is 0 Å². The SMILES string of the molecule is Cc1ccc2c(C3CCN(CCc4cccc5c4CCC4=C(C(N)=O)CC=CN45)C(C)C3)cccc2n1. The molecule has 0 radical (unpaired) electrons. The molecule has 3 aromatic rings. The monoisotopic (exact) mass is 492 g/mol. The Morgan fingerprint density at radius 2 is 1.97 bits per heavy atom. The van der Waals surface area contributed by atoms with Gasteiger partial charge in [0, 0.05) is 46.8 Å². The molecule has 1 amide bonds. The maximum atomic E-state index is 12.0. The number of aromatic nitrogens is 1. The Labute approximate surface area is 219 Å². The van der Waals surface area contributed by atoms with E-state index >= 15 is 0 Å². The second-order valence-corrected chi connectivity index (χ2v) is 10.9. The van der Waals surface area contributed by atoms with Gasteiger partial charge in [0.1, 0.15) is 0 Å². The van der Waals surface area contributed by atoms with Crippen LogP contribution in [-0.2, 0) is 17.6 Å². The van der Waals surface area contributed by atoms with Crippen LogP contribution in [0.2, 0.25) is 0 Å². The Kier molecular flexibility index (Phi) is 6.33. The molecule has 6 rings (SSSR count). The van der Waals surface area contributed by atoms with Crippen molar-refractivity contribution >= 4 is 22.5 Å². The average molecular weight is 493 g/mol. The summed E-state index contributed by atoms with van der Waals surface area (Å²) in [6.07, 6.45) is 10.1. The van der Waals surface area contributed by atoms with Crippen LogP contribution >= 0.6 is 0 Å². The molecule has 2 aromatic carbocycles. The topological polar surface area (TPSA) is 62.5 Å². The van der Waals surface area contributed by atoms with Gasteiger partial charge in [-0.05, 0) is 99.7 Å². The van der Waals surface area contributed by atoms with Crippen molar-refractivity contribution in [1.82, 2.24) is 9.88 Å². The molecule has 5 nitrogen and oxygen atoms in total. The summed E-state index contributed by atoms with van der Waals surface area (Å²) in [6.45, 7) is 6.65. The third-order valence-corrected chi connectivity index (χ3v) is 8.66. The van der Waals surface area contributed by atoms with Gasteiger partial charge >= 0.3 is 0 Å². The molecular formula is C32H36N4O. The fourth-order valence-electron chi connectivity index (χ4n) is 6.72. The molecule has 1 aromatic heterocycles. The first-order valence-corrected chi connectivity index (χ1v) is 13.7.